The molecule has 4 nitrogen and oxygen atoms in total. The van der Waals surface area contributed by atoms with Crippen LogP contribution in [0, 0.1) is 6.92 Å². The van der Waals surface area contributed by atoms with Crippen molar-refractivity contribution >= 4 is 34.1 Å². The standard InChI is InChI=1S/C16H15N3OS/c1-11-4-5-13-12(9-11)3-2-6-18(13)15-14(10-20)19-7-8-21-16(19)17-15/h4-5,7-10H,2-3,6H2,1H3. The molecule has 0 radical (unpaired) electrons. The number of fused-ring (bicyclic) bond motifs is 2. The van der Waals surface area contributed by atoms with Gasteiger partial charge in [0.2, 0.25) is 0 Å². The fourth-order valence-corrected chi connectivity index (χ4v) is 3.76. The average molecular weight is 297 g/mol. The molecule has 0 bridgehead atoms. The van der Waals surface area contributed by atoms with Crippen LogP contribution in [0.4, 0.5) is 11.5 Å². The highest BCUT2D eigenvalue weighted by atomic mass is 32.1. The zero-order valence-corrected chi connectivity index (χ0v) is 12.6. The number of nitrogens with zero attached hydrogens (tertiary/aromatic N) is 3. The van der Waals surface area contributed by atoms with Crippen LogP contribution in [0.1, 0.15) is 28.0 Å². The first-order valence-electron chi connectivity index (χ1n) is 7.06. The molecular formula is C16H15N3OS. The fourth-order valence-electron chi connectivity index (χ4n) is 3.05. The molecule has 0 saturated carbocycles. The summed E-state index contributed by atoms with van der Waals surface area (Å²) in [6.45, 7) is 3.02. The number of carbonyl (C=O) groups is 1. The van der Waals surface area contributed by atoms with Crippen LogP contribution in [0.3, 0.4) is 0 Å². The SMILES string of the molecule is Cc1ccc2c(c1)CCCN2c1nc2sccn2c1C=O. The lowest BCUT2D eigenvalue weighted by Gasteiger charge is -2.30. The Balaban J connectivity index is 1.90. The maximum Gasteiger partial charge on any atom is 0.196 e. The smallest absolute Gasteiger partial charge is 0.196 e. The molecule has 106 valence electrons. The number of anilines is 2. The van der Waals surface area contributed by atoms with Crippen LogP contribution in [0.2, 0.25) is 0 Å². The summed E-state index contributed by atoms with van der Waals surface area (Å²) in [7, 11) is 0. The number of aromatic nitrogens is 2. The summed E-state index contributed by atoms with van der Waals surface area (Å²) in [5.74, 6) is 0.779. The number of imidazole rings is 1. The van der Waals surface area contributed by atoms with Crippen LogP contribution < -0.4 is 4.90 Å². The van der Waals surface area contributed by atoms with Gasteiger partial charge in [-0.15, -0.1) is 11.3 Å². The molecular weight excluding hydrogens is 282 g/mol. The van der Waals surface area contributed by atoms with Crippen molar-refractivity contribution in [3.05, 3.63) is 46.6 Å². The van der Waals surface area contributed by atoms with Gasteiger partial charge in [-0.3, -0.25) is 9.20 Å². The van der Waals surface area contributed by atoms with Crippen LogP contribution in [0.25, 0.3) is 4.96 Å². The molecule has 3 aromatic rings. The zero-order chi connectivity index (χ0) is 14.4. The summed E-state index contributed by atoms with van der Waals surface area (Å²) < 4.78 is 1.87. The number of hydrogen-bond donors (Lipinski definition) is 0. The van der Waals surface area contributed by atoms with E-state index in [0.717, 1.165) is 36.5 Å². The largest absolute Gasteiger partial charge is 0.324 e. The molecule has 0 N–H and O–H groups in total. The highest BCUT2D eigenvalue weighted by molar-refractivity contribution is 7.15. The van der Waals surface area contributed by atoms with Gasteiger partial charge in [0.1, 0.15) is 5.69 Å². The highest BCUT2D eigenvalue weighted by Crippen LogP contribution is 2.35. The number of aldehydes is 1. The topological polar surface area (TPSA) is 37.6 Å². The quantitative estimate of drug-likeness (QED) is 0.678. The first-order valence-corrected chi connectivity index (χ1v) is 7.93. The molecule has 1 aliphatic rings. The molecule has 1 aromatic carbocycles. The second kappa shape index (κ2) is 4.70. The van der Waals surface area contributed by atoms with Crippen molar-refractivity contribution in [2.75, 3.05) is 11.4 Å². The van der Waals surface area contributed by atoms with Gasteiger partial charge < -0.3 is 4.90 Å². The Morgan fingerprint density at radius 2 is 2.29 bits per heavy atom. The number of benzene rings is 1. The van der Waals surface area contributed by atoms with Gasteiger partial charge in [-0.2, -0.15) is 0 Å². The predicted molar refractivity (Wildman–Crippen MR) is 85.0 cm³/mol. The first kappa shape index (κ1) is 12.6. The number of carbonyl (C=O) groups excluding carboxylic acids is 1. The molecule has 4 rings (SSSR count). The minimum Gasteiger partial charge on any atom is -0.324 e. The highest BCUT2D eigenvalue weighted by Gasteiger charge is 2.24. The molecule has 0 amide bonds. The summed E-state index contributed by atoms with van der Waals surface area (Å²) >= 11 is 1.55. The monoisotopic (exact) mass is 297 g/mol. The van der Waals surface area contributed by atoms with Gasteiger partial charge in [0.05, 0.1) is 0 Å². The van der Waals surface area contributed by atoms with Crippen LogP contribution in [-0.2, 0) is 6.42 Å². The van der Waals surface area contributed by atoms with E-state index in [1.54, 1.807) is 11.3 Å². The third-order valence-electron chi connectivity index (χ3n) is 4.00. The van der Waals surface area contributed by atoms with Crippen LogP contribution in [-0.4, -0.2) is 22.2 Å². The van der Waals surface area contributed by atoms with Crippen LogP contribution in [0.5, 0.6) is 0 Å². The van der Waals surface area contributed by atoms with Crippen LogP contribution >= 0.6 is 11.3 Å². The third-order valence-corrected chi connectivity index (χ3v) is 4.76. The van der Waals surface area contributed by atoms with E-state index in [1.807, 2.05) is 16.0 Å². The molecule has 0 saturated heterocycles. The number of thiazole rings is 1. The summed E-state index contributed by atoms with van der Waals surface area (Å²) in [6.07, 6.45) is 4.98. The van der Waals surface area contributed by atoms with Crippen molar-refractivity contribution in [3.63, 3.8) is 0 Å². The Hall–Kier alpha value is -2.14. The van der Waals surface area contributed by atoms with E-state index in [1.165, 1.54) is 16.8 Å². The molecule has 0 unspecified atom stereocenters. The second-order valence-electron chi connectivity index (χ2n) is 5.38. The van der Waals surface area contributed by atoms with E-state index in [4.69, 9.17) is 0 Å². The Morgan fingerprint density at radius 3 is 3.14 bits per heavy atom. The van der Waals surface area contributed by atoms with E-state index in [9.17, 15) is 4.79 Å². The van der Waals surface area contributed by atoms with E-state index in [0.29, 0.717) is 5.69 Å². The molecule has 0 spiro atoms. The summed E-state index contributed by atoms with van der Waals surface area (Å²) in [5.41, 5.74) is 4.44. The van der Waals surface area contributed by atoms with Gasteiger partial charge in [0, 0.05) is 23.8 Å². The van der Waals surface area contributed by atoms with Gasteiger partial charge in [-0.05, 0) is 31.4 Å². The minimum absolute atomic E-state index is 0.639. The van der Waals surface area contributed by atoms with Crippen LogP contribution in [0.15, 0.2) is 29.8 Å². The Labute approximate surface area is 126 Å². The van der Waals surface area contributed by atoms with E-state index >= 15 is 0 Å². The lowest BCUT2D eigenvalue weighted by atomic mass is 9.99. The average Bonchev–Trinajstić information content (AvgIpc) is 3.06. The molecule has 0 atom stereocenters. The molecule has 1 aliphatic heterocycles. The molecule has 21 heavy (non-hydrogen) atoms. The fraction of sp³-hybridized carbons (Fsp3) is 0.250. The predicted octanol–water partition coefficient (Wildman–Crippen LogP) is 3.60. The normalized spacial score (nSPS) is 14.4. The maximum atomic E-state index is 11.5. The Bertz CT molecular complexity index is 833. The number of rotatable bonds is 2. The van der Waals surface area contributed by atoms with Gasteiger partial charge in [-0.1, -0.05) is 17.7 Å². The zero-order valence-electron chi connectivity index (χ0n) is 11.7. The van der Waals surface area contributed by atoms with E-state index in [2.05, 4.69) is 35.0 Å². The first-order chi connectivity index (χ1) is 10.3. The molecule has 5 heteroatoms. The second-order valence-corrected chi connectivity index (χ2v) is 6.25. The Morgan fingerprint density at radius 1 is 1.38 bits per heavy atom. The lowest BCUT2D eigenvalue weighted by molar-refractivity contribution is 0.111. The van der Waals surface area contributed by atoms with E-state index < -0.39 is 0 Å². The Kier molecular flexibility index (Phi) is 2.82. The molecule has 0 aliphatic carbocycles. The van der Waals surface area contributed by atoms with Gasteiger partial charge in [0.15, 0.2) is 17.1 Å². The van der Waals surface area contributed by atoms with Gasteiger partial charge in [-0.25, -0.2) is 4.98 Å². The van der Waals surface area contributed by atoms with E-state index in [-0.39, 0.29) is 0 Å². The summed E-state index contributed by atoms with van der Waals surface area (Å²) in [5, 5.41) is 1.95. The number of hydrogen-bond acceptors (Lipinski definition) is 4. The summed E-state index contributed by atoms with van der Waals surface area (Å²) in [4.78, 5) is 19.2. The molecule has 2 aromatic heterocycles. The number of aryl methyl sites for hydroxylation is 2. The summed E-state index contributed by atoms with van der Waals surface area (Å²) in [6, 6.07) is 6.50. The van der Waals surface area contributed by atoms with Gasteiger partial charge in [0.25, 0.3) is 0 Å². The van der Waals surface area contributed by atoms with Crippen molar-refractivity contribution in [3.8, 4) is 0 Å². The lowest BCUT2D eigenvalue weighted by Crippen LogP contribution is -2.25. The molecule has 3 heterocycles. The maximum absolute atomic E-state index is 11.5. The minimum atomic E-state index is 0.639. The van der Waals surface area contributed by atoms with Crippen molar-refractivity contribution in [2.45, 2.75) is 19.8 Å². The van der Waals surface area contributed by atoms with Crippen molar-refractivity contribution in [2.24, 2.45) is 0 Å². The van der Waals surface area contributed by atoms with Crippen molar-refractivity contribution in [1.29, 1.82) is 0 Å². The van der Waals surface area contributed by atoms with Gasteiger partial charge >= 0.3 is 0 Å². The molecule has 0 fully saturated rings. The van der Waals surface area contributed by atoms with Crippen molar-refractivity contribution < 1.29 is 4.79 Å². The van der Waals surface area contributed by atoms with Crippen molar-refractivity contribution in [1.82, 2.24) is 9.38 Å². The third kappa shape index (κ3) is 1.88.